The van der Waals surface area contributed by atoms with E-state index in [0.29, 0.717) is 19.0 Å². The Hall–Kier alpha value is -2.53. The monoisotopic (exact) mass is 325 g/mol. The van der Waals surface area contributed by atoms with Gasteiger partial charge in [-0.05, 0) is 43.9 Å². The predicted octanol–water partition coefficient (Wildman–Crippen LogP) is 3.03. The minimum absolute atomic E-state index is 0.622. The Morgan fingerprint density at radius 1 is 1.04 bits per heavy atom. The van der Waals surface area contributed by atoms with Crippen LogP contribution in [-0.2, 0) is 6.54 Å². The summed E-state index contributed by atoms with van der Waals surface area (Å²) in [7, 11) is 5.74. The fraction of sp³-hybridized carbons (Fsp3) is 0.316. The third kappa shape index (κ3) is 3.68. The number of rotatable bonds is 7. The van der Waals surface area contributed by atoms with Crippen molar-refractivity contribution in [3.05, 3.63) is 54.1 Å². The lowest BCUT2D eigenvalue weighted by Gasteiger charge is -2.09. The number of para-hydroxylation sites is 1. The van der Waals surface area contributed by atoms with Crippen molar-refractivity contribution in [1.29, 1.82) is 0 Å². The molecule has 0 aliphatic carbocycles. The van der Waals surface area contributed by atoms with Crippen LogP contribution >= 0.6 is 0 Å². The number of ether oxygens (including phenoxy) is 2. The third-order valence-corrected chi connectivity index (χ3v) is 3.89. The molecule has 0 atom stereocenters. The summed E-state index contributed by atoms with van der Waals surface area (Å²) in [4.78, 5) is 2.09. The molecule has 24 heavy (non-hydrogen) atoms. The zero-order valence-electron chi connectivity index (χ0n) is 14.4. The first-order valence-corrected chi connectivity index (χ1v) is 8.03. The summed E-state index contributed by atoms with van der Waals surface area (Å²) in [5, 5.41) is 5.71. The van der Waals surface area contributed by atoms with E-state index >= 15 is 0 Å². The lowest BCUT2D eigenvalue weighted by atomic mass is 10.2. The Kier molecular flexibility index (Phi) is 5.01. The second-order valence-corrected chi connectivity index (χ2v) is 5.98. The first-order chi connectivity index (χ1) is 11.7. The molecular formula is C19H23N3O2. The molecule has 0 amide bonds. The second kappa shape index (κ2) is 7.36. The van der Waals surface area contributed by atoms with Crippen LogP contribution in [0.5, 0.6) is 11.6 Å². The highest BCUT2D eigenvalue weighted by atomic mass is 16.5. The standard InChI is InChI=1S/C19H23N3O2/c1-21(2)12-13-24-19-17-6-4-5-7-18(17)22(20-19)14-15-8-10-16(23-3)11-9-15/h4-11H,12-14H2,1-3H3. The van der Waals surface area contributed by atoms with Crippen molar-refractivity contribution in [1.82, 2.24) is 14.7 Å². The third-order valence-electron chi connectivity index (χ3n) is 3.89. The van der Waals surface area contributed by atoms with Crippen LogP contribution in [-0.4, -0.2) is 49.0 Å². The van der Waals surface area contributed by atoms with Gasteiger partial charge in [-0.15, -0.1) is 5.10 Å². The zero-order chi connectivity index (χ0) is 16.9. The number of fused-ring (bicyclic) bond motifs is 1. The van der Waals surface area contributed by atoms with E-state index in [-0.39, 0.29) is 0 Å². The Bertz CT molecular complexity index is 794. The van der Waals surface area contributed by atoms with Crippen LogP contribution in [0.1, 0.15) is 5.56 Å². The van der Waals surface area contributed by atoms with Crippen molar-refractivity contribution >= 4 is 10.9 Å². The van der Waals surface area contributed by atoms with E-state index < -0.39 is 0 Å². The van der Waals surface area contributed by atoms with Crippen molar-refractivity contribution in [3.63, 3.8) is 0 Å². The van der Waals surface area contributed by atoms with Crippen molar-refractivity contribution in [2.45, 2.75) is 6.54 Å². The highest BCUT2D eigenvalue weighted by Crippen LogP contribution is 2.25. The largest absolute Gasteiger partial charge is 0.497 e. The number of aromatic nitrogens is 2. The number of methoxy groups -OCH3 is 1. The molecular weight excluding hydrogens is 302 g/mol. The van der Waals surface area contributed by atoms with Gasteiger partial charge >= 0.3 is 0 Å². The molecule has 0 saturated carbocycles. The quantitative estimate of drug-likeness (QED) is 0.669. The van der Waals surface area contributed by atoms with Gasteiger partial charge in [-0.3, -0.25) is 4.68 Å². The van der Waals surface area contributed by atoms with Gasteiger partial charge < -0.3 is 14.4 Å². The molecule has 3 rings (SSSR count). The van der Waals surface area contributed by atoms with E-state index in [0.717, 1.165) is 23.2 Å². The van der Waals surface area contributed by atoms with Crippen LogP contribution in [0.25, 0.3) is 10.9 Å². The Morgan fingerprint density at radius 3 is 2.50 bits per heavy atom. The maximum atomic E-state index is 5.89. The highest BCUT2D eigenvalue weighted by molar-refractivity contribution is 5.84. The van der Waals surface area contributed by atoms with Gasteiger partial charge in [0.25, 0.3) is 0 Å². The fourth-order valence-electron chi connectivity index (χ4n) is 2.55. The molecule has 0 fully saturated rings. The second-order valence-electron chi connectivity index (χ2n) is 5.98. The number of nitrogens with zero attached hydrogens (tertiary/aromatic N) is 3. The summed E-state index contributed by atoms with van der Waals surface area (Å²) >= 11 is 0. The van der Waals surface area contributed by atoms with Crippen LogP contribution in [0.15, 0.2) is 48.5 Å². The van der Waals surface area contributed by atoms with Gasteiger partial charge in [0.1, 0.15) is 12.4 Å². The van der Waals surface area contributed by atoms with Crippen molar-refractivity contribution in [3.8, 4) is 11.6 Å². The van der Waals surface area contributed by atoms with Gasteiger partial charge in [-0.1, -0.05) is 24.3 Å². The van der Waals surface area contributed by atoms with Gasteiger partial charge in [-0.2, -0.15) is 0 Å². The molecule has 2 aromatic carbocycles. The van der Waals surface area contributed by atoms with Crippen LogP contribution in [0, 0.1) is 0 Å². The van der Waals surface area contributed by atoms with Gasteiger partial charge in [-0.25, -0.2) is 0 Å². The fourth-order valence-corrected chi connectivity index (χ4v) is 2.55. The van der Waals surface area contributed by atoms with E-state index in [1.54, 1.807) is 7.11 Å². The van der Waals surface area contributed by atoms with Crippen LogP contribution < -0.4 is 9.47 Å². The average Bonchev–Trinajstić information content (AvgIpc) is 2.93. The lowest BCUT2D eigenvalue weighted by Crippen LogP contribution is -2.19. The normalized spacial score (nSPS) is 11.2. The van der Waals surface area contributed by atoms with Gasteiger partial charge in [0.2, 0.25) is 5.88 Å². The number of hydrogen-bond acceptors (Lipinski definition) is 4. The maximum Gasteiger partial charge on any atom is 0.240 e. The molecule has 3 aromatic rings. The summed E-state index contributed by atoms with van der Waals surface area (Å²) < 4.78 is 13.1. The molecule has 0 bridgehead atoms. The van der Waals surface area contributed by atoms with E-state index in [1.165, 1.54) is 5.56 Å². The first kappa shape index (κ1) is 16.3. The summed E-state index contributed by atoms with van der Waals surface area (Å²) in [6.07, 6.45) is 0. The van der Waals surface area contributed by atoms with Gasteiger partial charge in [0.15, 0.2) is 0 Å². The van der Waals surface area contributed by atoms with Crippen LogP contribution in [0.4, 0.5) is 0 Å². The molecule has 0 unspecified atom stereocenters. The van der Waals surface area contributed by atoms with Crippen molar-refractivity contribution in [2.75, 3.05) is 34.4 Å². The SMILES string of the molecule is COc1ccc(Cn2nc(OCCN(C)C)c3ccccc32)cc1. The topological polar surface area (TPSA) is 39.5 Å². The molecule has 0 saturated heterocycles. The molecule has 0 N–H and O–H groups in total. The van der Waals surface area contributed by atoms with E-state index in [1.807, 2.05) is 43.0 Å². The minimum Gasteiger partial charge on any atom is -0.497 e. The van der Waals surface area contributed by atoms with Gasteiger partial charge in [0.05, 0.1) is 24.6 Å². The molecule has 5 heteroatoms. The molecule has 1 aromatic heterocycles. The van der Waals surface area contributed by atoms with Crippen LogP contribution in [0.2, 0.25) is 0 Å². The summed E-state index contributed by atoms with van der Waals surface area (Å²) in [5.41, 5.74) is 2.25. The summed E-state index contributed by atoms with van der Waals surface area (Å²) in [6.45, 7) is 2.18. The Morgan fingerprint density at radius 2 is 1.79 bits per heavy atom. The smallest absolute Gasteiger partial charge is 0.240 e. The molecule has 126 valence electrons. The molecule has 5 nitrogen and oxygen atoms in total. The van der Waals surface area contributed by atoms with Crippen molar-refractivity contribution in [2.24, 2.45) is 0 Å². The first-order valence-electron chi connectivity index (χ1n) is 8.03. The molecule has 0 aliphatic rings. The zero-order valence-corrected chi connectivity index (χ0v) is 14.4. The Labute approximate surface area is 142 Å². The molecule has 0 spiro atoms. The van der Waals surface area contributed by atoms with Gasteiger partial charge in [0, 0.05) is 6.54 Å². The minimum atomic E-state index is 0.622. The average molecular weight is 325 g/mol. The van der Waals surface area contributed by atoms with Crippen molar-refractivity contribution < 1.29 is 9.47 Å². The molecule has 1 heterocycles. The molecule has 0 radical (unpaired) electrons. The predicted molar refractivity (Wildman–Crippen MR) is 95.9 cm³/mol. The Balaban J connectivity index is 1.84. The number of hydrogen-bond donors (Lipinski definition) is 0. The lowest BCUT2D eigenvalue weighted by molar-refractivity contribution is 0.254. The van der Waals surface area contributed by atoms with E-state index in [9.17, 15) is 0 Å². The van der Waals surface area contributed by atoms with Crippen LogP contribution in [0.3, 0.4) is 0 Å². The highest BCUT2D eigenvalue weighted by Gasteiger charge is 2.11. The summed E-state index contributed by atoms with van der Waals surface area (Å²) in [5.74, 6) is 1.55. The number of benzene rings is 2. The maximum absolute atomic E-state index is 5.89. The molecule has 0 aliphatic heterocycles. The van der Waals surface area contributed by atoms with E-state index in [2.05, 4.69) is 34.3 Å². The number of likely N-dealkylation sites (N-methyl/N-ethyl adjacent to an activating group) is 1. The van der Waals surface area contributed by atoms with E-state index in [4.69, 9.17) is 9.47 Å². The summed E-state index contributed by atoms with van der Waals surface area (Å²) in [6, 6.07) is 16.2.